The van der Waals surface area contributed by atoms with Crippen molar-refractivity contribution < 1.29 is 4.79 Å². The molecule has 1 aromatic carbocycles. The molecule has 2 N–H and O–H groups in total. The molecule has 6 nitrogen and oxygen atoms in total. The van der Waals surface area contributed by atoms with Gasteiger partial charge in [-0.15, -0.1) is 0 Å². The van der Waals surface area contributed by atoms with Crippen LogP contribution in [0.5, 0.6) is 0 Å². The van der Waals surface area contributed by atoms with E-state index < -0.39 is 5.54 Å². The molecule has 146 valence electrons. The molecule has 0 radical (unpaired) electrons. The summed E-state index contributed by atoms with van der Waals surface area (Å²) >= 11 is 1.54. The minimum absolute atomic E-state index is 0.0734. The van der Waals surface area contributed by atoms with E-state index in [0.29, 0.717) is 19.6 Å². The lowest BCUT2D eigenvalue weighted by Gasteiger charge is -2.38. The number of likely N-dealkylation sites (tertiary alicyclic amines) is 1. The Bertz CT molecular complexity index is 1050. The largest absolute Gasteiger partial charge is 0.368 e. The first-order valence-electron chi connectivity index (χ1n) is 9.64. The van der Waals surface area contributed by atoms with Crippen molar-refractivity contribution in [2.45, 2.75) is 18.5 Å². The molecule has 0 unspecified atom stereocenters. The van der Waals surface area contributed by atoms with E-state index in [-0.39, 0.29) is 5.91 Å². The second-order valence-corrected chi connectivity index (χ2v) is 8.15. The number of fused-ring (bicyclic) bond motifs is 1. The van der Waals surface area contributed by atoms with E-state index in [4.69, 9.17) is 4.99 Å². The van der Waals surface area contributed by atoms with E-state index in [0.717, 1.165) is 34.9 Å². The number of anilines is 2. The number of nitrogens with one attached hydrogen (secondary N) is 2. The number of carbonyl (C=O) groups excluding carboxylic acids is 1. The molecule has 1 atom stereocenters. The minimum atomic E-state index is -0.434. The molecule has 0 saturated carbocycles. The van der Waals surface area contributed by atoms with Gasteiger partial charge in [0.1, 0.15) is 11.4 Å². The van der Waals surface area contributed by atoms with Crippen LogP contribution in [0.2, 0.25) is 0 Å². The highest BCUT2D eigenvalue weighted by Gasteiger charge is 2.47. The highest BCUT2D eigenvalue weighted by molar-refractivity contribution is 7.08. The Morgan fingerprint density at radius 3 is 2.93 bits per heavy atom. The second kappa shape index (κ2) is 7.33. The second-order valence-electron chi connectivity index (χ2n) is 7.37. The maximum atomic E-state index is 12.9. The van der Waals surface area contributed by atoms with Gasteiger partial charge in [0.2, 0.25) is 0 Å². The maximum absolute atomic E-state index is 12.9. The number of thiophene rings is 1. The van der Waals surface area contributed by atoms with Crippen molar-refractivity contribution in [1.29, 1.82) is 0 Å². The number of carbonyl (C=O) groups is 1. The fourth-order valence-corrected chi connectivity index (χ4v) is 4.58. The SMILES string of the molecule is O=C(c1ccsc1)N1CC[C@]2(C1)Nc1cccnc1NC2=NCc1ccccc1. The molecule has 5 rings (SSSR count). The van der Waals surface area contributed by atoms with Gasteiger partial charge in [0.15, 0.2) is 5.82 Å². The number of aliphatic imine (C=N–C) groups is 1. The van der Waals surface area contributed by atoms with E-state index in [2.05, 4.69) is 27.8 Å². The van der Waals surface area contributed by atoms with E-state index in [1.807, 2.05) is 52.1 Å². The van der Waals surface area contributed by atoms with Crippen LogP contribution in [0.15, 0.2) is 70.5 Å². The molecule has 29 heavy (non-hydrogen) atoms. The van der Waals surface area contributed by atoms with Gasteiger partial charge in [-0.1, -0.05) is 30.3 Å². The van der Waals surface area contributed by atoms with Crippen LogP contribution in [0.4, 0.5) is 11.5 Å². The Hall–Kier alpha value is -3.19. The average Bonchev–Trinajstić information content (AvgIpc) is 3.44. The van der Waals surface area contributed by atoms with E-state index in [9.17, 15) is 4.79 Å². The Morgan fingerprint density at radius 1 is 1.21 bits per heavy atom. The Morgan fingerprint density at radius 2 is 2.10 bits per heavy atom. The molecule has 2 aliphatic heterocycles. The Balaban J connectivity index is 1.46. The van der Waals surface area contributed by atoms with Crippen molar-refractivity contribution in [3.63, 3.8) is 0 Å². The zero-order valence-corrected chi connectivity index (χ0v) is 16.7. The molecule has 3 aromatic rings. The first-order valence-corrected chi connectivity index (χ1v) is 10.6. The number of nitrogens with zero attached hydrogens (tertiary/aromatic N) is 3. The number of amides is 1. The predicted molar refractivity (Wildman–Crippen MR) is 117 cm³/mol. The molecule has 1 amide bonds. The molecule has 2 aliphatic rings. The van der Waals surface area contributed by atoms with Gasteiger partial charge in [-0.3, -0.25) is 9.79 Å². The van der Waals surface area contributed by atoms with Crippen LogP contribution in [0, 0.1) is 0 Å². The Kier molecular flexibility index (Phi) is 4.52. The molecule has 1 spiro atoms. The molecule has 0 bridgehead atoms. The van der Waals surface area contributed by atoms with E-state index in [1.54, 1.807) is 17.5 Å². The van der Waals surface area contributed by atoms with Crippen LogP contribution in [0.3, 0.4) is 0 Å². The van der Waals surface area contributed by atoms with Gasteiger partial charge in [-0.05, 0) is 35.6 Å². The average molecular weight is 404 g/mol. The highest BCUT2D eigenvalue weighted by atomic mass is 32.1. The topological polar surface area (TPSA) is 69.6 Å². The summed E-state index contributed by atoms with van der Waals surface area (Å²) in [6.45, 7) is 1.83. The third-order valence-electron chi connectivity index (χ3n) is 5.46. The molecule has 4 heterocycles. The van der Waals surface area contributed by atoms with Crippen LogP contribution in [-0.4, -0.2) is 40.3 Å². The first kappa shape index (κ1) is 17.9. The fraction of sp³-hybridized carbons (Fsp3) is 0.227. The lowest BCUT2D eigenvalue weighted by Crippen LogP contribution is -2.55. The number of aromatic nitrogens is 1. The predicted octanol–water partition coefficient (Wildman–Crippen LogP) is 3.86. The standard InChI is InChI=1S/C22H21N5OS/c28-20(17-8-12-29-14-17)27-11-9-22(15-27)21(24-13-16-5-2-1-3-6-16)25-19-18(26-22)7-4-10-23-19/h1-8,10,12,14,26H,9,11,13,15H2,(H,23,24,25)/t22-/m1/s1. The number of pyridine rings is 1. The summed E-state index contributed by atoms with van der Waals surface area (Å²) in [5, 5.41) is 10.9. The number of rotatable bonds is 3. The van der Waals surface area contributed by atoms with Crippen LogP contribution in [0.25, 0.3) is 0 Å². The summed E-state index contributed by atoms with van der Waals surface area (Å²) in [5.74, 6) is 1.69. The van der Waals surface area contributed by atoms with Crippen molar-refractivity contribution in [3.8, 4) is 0 Å². The summed E-state index contributed by atoms with van der Waals surface area (Å²) in [5.41, 5.74) is 2.40. The third-order valence-corrected chi connectivity index (χ3v) is 6.14. The summed E-state index contributed by atoms with van der Waals surface area (Å²) in [4.78, 5) is 24.2. The monoisotopic (exact) mass is 403 g/mol. The van der Waals surface area contributed by atoms with Gasteiger partial charge >= 0.3 is 0 Å². The van der Waals surface area contributed by atoms with Gasteiger partial charge < -0.3 is 15.5 Å². The molecule has 7 heteroatoms. The minimum Gasteiger partial charge on any atom is -0.368 e. The lowest BCUT2D eigenvalue weighted by atomic mass is 9.93. The van der Waals surface area contributed by atoms with Crippen molar-refractivity contribution >= 4 is 34.6 Å². The van der Waals surface area contributed by atoms with Crippen molar-refractivity contribution in [1.82, 2.24) is 9.88 Å². The van der Waals surface area contributed by atoms with Crippen molar-refractivity contribution in [2.75, 3.05) is 23.7 Å². The van der Waals surface area contributed by atoms with Crippen LogP contribution >= 0.6 is 11.3 Å². The molecule has 0 aliphatic carbocycles. The van der Waals surface area contributed by atoms with Crippen LogP contribution < -0.4 is 10.6 Å². The maximum Gasteiger partial charge on any atom is 0.254 e. The molecular weight excluding hydrogens is 382 g/mol. The normalized spacial score (nSPS) is 21.7. The quantitative estimate of drug-likeness (QED) is 0.697. The number of benzene rings is 1. The fourth-order valence-electron chi connectivity index (χ4n) is 3.95. The Labute approximate surface area is 173 Å². The first-order chi connectivity index (χ1) is 14.2. The summed E-state index contributed by atoms with van der Waals surface area (Å²) in [6.07, 6.45) is 2.55. The van der Waals surface area contributed by atoms with Crippen molar-refractivity contribution in [2.24, 2.45) is 4.99 Å². The van der Waals surface area contributed by atoms with Gasteiger partial charge in [-0.25, -0.2) is 4.98 Å². The molecular formula is C22H21N5OS. The number of amidine groups is 1. The molecule has 1 saturated heterocycles. The van der Waals surface area contributed by atoms with Gasteiger partial charge in [-0.2, -0.15) is 11.3 Å². The smallest absolute Gasteiger partial charge is 0.254 e. The number of hydrogen-bond donors (Lipinski definition) is 2. The number of hydrogen-bond acceptors (Lipinski definition) is 5. The lowest BCUT2D eigenvalue weighted by molar-refractivity contribution is 0.0790. The van der Waals surface area contributed by atoms with E-state index >= 15 is 0 Å². The summed E-state index contributed by atoms with van der Waals surface area (Å²) in [7, 11) is 0. The van der Waals surface area contributed by atoms with Gasteiger partial charge in [0, 0.05) is 18.1 Å². The van der Waals surface area contributed by atoms with Crippen LogP contribution in [-0.2, 0) is 6.54 Å². The van der Waals surface area contributed by atoms with Crippen molar-refractivity contribution in [3.05, 3.63) is 76.6 Å². The molecule has 1 fully saturated rings. The van der Waals surface area contributed by atoms with Gasteiger partial charge in [0.25, 0.3) is 5.91 Å². The third kappa shape index (κ3) is 3.38. The van der Waals surface area contributed by atoms with E-state index in [1.165, 1.54) is 0 Å². The van der Waals surface area contributed by atoms with Gasteiger partial charge in [0.05, 0.1) is 24.3 Å². The van der Waals surface area contributed by atoms with Crippen LogP contribution in [0.1, 0.15) is 22.3 Å². The zero-order valence-electron chi connectivity index (χ0n) is 15.8. The molecule has 2 aromatic heterocycles. The highest BCUT2D eigenvalue weighted by Crippen LogP contribution is 2.36. The zero-order chi connectivity index (χ0) is 19.7. The summed E-state index contributed by atoms with van der Waals surface area (Å²) < 4.78 is 0. The summed E-state index contributed by atoms with van der Waals surface area (Å²) in [6, 6.07) is 16.0.